The number of nitrogens with one attached hydrogen (secondary N) is 1. The van der Waals surface area contributed by atoms with Gasteiger partial charge in [0.25, 0.3) is 0 Å². The van der Waals surface area contributed by atoms with E-state index in [0.29, 0.717) is 12.1 Å². The molecule has 0 aromatic heterocycles. The Morgan fingerprint density at radius 2 is 2.17 bits per heavy atom. The Kier molecular flexibility index (Phi) is 3.27. The number of hydrogen-bond acceptors (Lipinski definition) is 3. The summed E-state index contributed by atoms with van der Waals surface area (Å²) in [5.41, 5.74) is 2.82. The molecule has 18 heavy (non-hydrogen) atoms. The molecule has 0 atom stereocenters. The normalized spacial score (nSPS) is 20.6. The van der Waals surface area contributed by atoms with E-state index < -0.39 is 0 Å². The minimum Gasteiger partial charge on any atom is -0.487 e. The van der Waals surface area contributed by atoms with Crippen molar-refractivity contribution in [3.05, 3.63) is 29.3 Å². The minimum absolute atomic E-state index is 0.376. The second-order valence-corrected chi connectivity index (χ2v) is 5.61. The first-order valence-electron chi connectivity index (χ1n) is 6.96. The number of hydrogen-bond donors (Lipinski definition) is 1. The van der Waals surface area contributed by atoms with E-state index in [1.807, 2.05) is 0 Å². The maximum Gasteiger partial charge on any atom is 0.124 e. The van der Waals surface area contributed by atoms with Gasteiger partial charge in [-0.2, -0.15) is 0 Å². The summed E-state index contributed by atoms with van der Waals surface area (Å²) in [5.74, 6) is 1.09. The van der Waals surface area contributed by atoms with Gasteiger partial charge in [0.15, 0.2) is 0 Å². The molecule has 0 radical (unpaired) electrons. The van der Waals surface area contributed by atoms with Crippen molar-refractivity contribution in [2.45, 2.75) is 39.0 Å². The van der Waals surface area contributed by atoms with Crippen LogP contribution in [0, 0.1) is 0 Å². The minimum atomic E-state index is 0.376. The van der Waals surface area contributed by atoms with Gasteiger partial charge in [0, 0.05) is 31.2 Å². The highest BCUT2D eigenvalue weighted by atomic mass is 16.5. The van der Waals surface area contributed by atoms with Crippen molar-refractivity contribution in [2.24, 2.45) is 0 Å². The van der Waals surface area contributed by atoms with Gasteiger partial charge in [0.2, 0.25) is 0 Å². The van der Waals surface area contributed by atoms with E-state index in [2.05, 4.69) is 42.3 Å². The number of nitrogens with zero attached hydrogens (tertiary/aromatic N) is 1. The fourth-order valence-corrected chi connectivity index (χ4v) is 2.74. The molecular weight excluding hydrogens is 224 g/mol. The van der Waals surface area contributed by atoms with Crippen LogP contribution < -0.4 is 10.1 Å². The lowest BCUT2D eigenvalue weighted by Crippen LogP contribution is -2.56. The van der Waals surface area contributed by atoms with Gasteiger partial charge in [-0.3, -0.25) is 4.90 Å². The van der Waals surface area contributed by atoms with Crippen LogP contribution in [0.3, 0.4) is 0 Å². The first-order valence-corrected chi connectivity index (χ1v) is 6.96. The molecule has 2 aliphatic rings. The Balaban J connectivity index is 1.67. The van der Waals surface area contributed by atoms with Crippen LogP contribution in [-0.2, 0) is 13.0 Å². The van der Waals surface area contributed by atoms with Crippen molar-refractivity contribution in [2.75, 3.05) is 19.6 Å². The van der Waals surface area contributed by atoms with Gasteiger partial charge in [-0.25, -0.2) is 0 Å². The number of rotatable bonds is 3. The van der Waals surface area contributed by atoms with E-state index in [9.17, 15) is 0 Å². The van der Waals surface area contributed by atoms with Crippen LogP contribution in [-0.4, -0.2) is 36.7 Å². The van der Waals surface area contributed by atoms with E-state index >= 15 is 0 Å². The van der Waals surface area contributed by atoms with Crippen molar-refractivity contribution in [1.82, 2.24) is 10.2 Å². The molecule has 2 aliphatic heterocycles. The van der Waals surface area contributed by atoms with Crippen LogP contribution in [0.5, 0.6) is 5.75 Å². The molecule has 1 aromatic carbocycles. The van der Waals surface area contributed by atoms with E-state index in [4.69, 9.17) is 4.74 Å². The Morgan fingerprint density at radius 3 is 2.94 bits per heavy atom. The molecule has 1 aromatic rings. The topological polar surface area (TPSA) is 24.5 Å². The molecule has 3 rings (SSSR count). The average Bonchev–Trinajstić information content (AvgIpc) is 2.33. The zero-order valence-electron chi connectivity index (χ0n) is 11.3. The van der Waals surface area contributed by atoms with Gasteiger partial charge in [-0.05, 0) is 38.4 Å². The molecule has 0 aliphatic carbocycles. The van der Waals surface area contributed by atoms with Crippen molar-refractivity contribution in [3.8, 4) is 5.75 Å². The SMILES string of the molecule is CC(C)N1CC(Oc2cccc3c2CNCC3)C1. The maximum atomic E-state index is 6.15. The molecule has 0 amide bonds. The van der Waals surface area contributed by atoms with Gasteiger partial charge in [0.1, 0.15) is 11.9 Å². The maximum absolute atomic E-state index is 6.15. The van der Waals surface area contributed by atoms with Crippen LogP contribution in [0.15, 0.2) is 18.2 Å². The molecule has 1 N–H and O–H groups in total. The predicted molar refractivity (Wildman–Crippen MR) is 73.0 cm³/mol. The summed E-state index contributed by atoms with van der Waals surface area (Å²) < 4.78 is 6.15. The third-order valence-electron chi connectivity index (χ3n) is 4.00. The summed E-state index contributed by atoms with van der Waals surface area (Å²) in [4.78, 5) is 2.44. The first kappa shape index (κ1) is 12.0. The third kappa shape index (κ3) is 2.25. The summed E-state index contributed by atoms with van der Waals surface area (Å²) in [6, 6.07) is 7.10. The Labute approximate surface area is 109 Å². The molecule has 3 heteroatoms. The molecule has 0 unspecified atom stereocenters. The lowest BCUT2D eigenvalue weighted by molar-refractivity contribution is -0.000481. The highest BCUT2D eigenvalue weighted by Crippen LogP contribution is 2.27. The van der Waals surface area contributed by atoms with Gasteiger partial charge < -0.3 is 10.1 Å². The van der Waals surface area contributed by atoms with Crippen molar-refractivity contribution < 1.29 is 4.74 Å². The van der Waals surface area contributed by atoms with Crippen molar-refractivity contribution >= 4 is 0 Å². The standard InChI is InChI=1S/C15H22N2O/c1-11(2)17-9-13(10-17)18-15-5-3-4-12-6-7-16-8-14(12)15/h3-5,11,13,16H,6-10H2,1-2H3. The monoisotopic (exact) mass is 246 g/mol. The Hall–Kier alpha value is -1.06. The summed E-state index contributed by atoms with van der Waals surface area (Å²) in [6.45, 7) is 8.64. The zero-order chi connectivity index (χ0) is 12.5. The smallest absolute Gasteiger partial charge is 0.124 e. The van der Waals surface area contributed by atoms with E-state index in [1.54, 1.807) is 0 Å². The zero-order valence-corrected chi connectivity index (χ0v) is 11.3. The first-order chi connectivity index (χ1) is 8.74. The number of fused-ring (bicyclic) bond motifs is 1. The second kappa shape index (κ2) is 4.90. The molecule has 3 nitrogen and oxygen atoms in total. The third-order valence-corrected chi connectivity index (χ3v) is 4.00. The number of likely N-dealkylation sites (tertiary alicyclic amines) is 1. The highest BCUT2D eigenvalue weighted by Gasteiger charge is 2.30. The van der Waals surface area contributed by atoms with Crippen LogP contribution in [0.25, 0.3) is 0 Å². The summed E-state index contributed by atoms with van der Waals surface area (Å²) in [6.07, 6.45) is 1.50. The van der Waals surface area contributed by atoms with Gasteiger partial charge >= 0.3 is 0 Å². The fourth-order valence-electron chi connectivity index (χ4n) is 2.74. The van der Waals surface area contributed by atoms with Gasteiger partial charge in [-0.15, -0.1) is 0 Å². The molecular formula is C15H22N2O. The number of ether oxygens (including phenoxy) is 1. The van der Waals surface area contributed by atoms with E-state index in [0.717, 1.165) is 38.3 Å². The van der Waals surface area contributed by atoms with Crippen LogP contribution in [0.2, 0.25) is 0 Å². The van der Waals surface area contributed by atoms with E-state index in [1.165, 1.54) is 11.1 Å². The lowest BCUT2D eigenvalue weighted by Gasteiger charge is -2.42. The van der Waals surface area contributed by atoms with Crippen LogP contribution in [0.1, 0.15) is 25.0 Å². The van der Waals surface area contributed by atoms with E-state index in [-0.39, 0.29) is 0 Å². The number of benzene rings is 1. The summed E-state index contributed by atoms with van der Waals surface area (Å²) >= 11 is 0. The van der Waals surface area contributed by atoms with Gasteiger partial charge in [0.05, 0.1) is 0 Å². The molecule has 0 spiro atoms. The average molecular weight is 246 g/mol. The quantitative estimate of drug-likeness (QED) is 0.880. The molecule has 0 saturated carbocycles. The van der Waals surface area contributed by atoms with Crippen molar-refractivity contribution in [3.63, 3.8) is 0 Å². The Morgan fingerprint density at radius 1 is 1.33 bits per heavy atom. The molecule has 98 valence electrons. The summed E-state index contributed by atoms with van der Waals surface area (Å²) in [7, 11) is 0. The second-order valence-electron chi connectivity index (χ2n) is 5.61. The van der Waals surface area contributed by atoms with Gasteiger partial charge in [-0.1, -0.05) is 12.1 Å². The largest absolute Gasteiger partial charge is 0.487 e. The van der Waals surface area contributed by atoms with Crippen molar-refractivity contribution in [1.29, 1.82) is 0 Å². The molecule has 0 bridgehead atoms. The highest BCUT2D eigenvalue weighted by molar-refractivity contribution is 5.41. The summed E-state index contributed by atoms with van der Waals surface area (Å²) in [5, 5.41) is 3.43. The Bertz CT molecular complexity index is 425. The van der Waals surface area contributed by atoms with Crippen LogP contribution in [0.4, 0.5) is 0 Å². The molecule has 2 heterocycles. The molecule has 1 saturated heterocycles. The van der Waals surface area contributed by atoms with Crippen LogP contribution >= 0.6 is 0 Å². The predicted octanol–water partition coefficient (Wildman–Crippen LogP) is 1.80. The lowest BCUT2D eigenvalue weighted by atomic mass is 10.00. The molecule has 1 fully saturated rings. The fraction of sp³-hybridized carbons (Fsp3) is 0.600.